The molecule has 3 aromatic rings. The van der Waals surface area contributed by atoms with E-state index in [4.69, 9.17) is 4.98 Å². The molecule has 1 N–H and O–H groups in total. The zero-order valence-electron chi connectivity index (χ0n) is 18.2. The van der Waals surface area contributed by atoms with Crippen LogP contribution in [-0.4, -0.2) is 48.4 Å². The number of hydrogen-bond acceptors (Lipinski definition) is 5. The Morgan fingerprint density at radius 3 is 2.91 bits per heavy atom. The van der Waals surface area contributed by atoms with E-state index in [-0.39, 0.29) is 23.4 Å². The lowest BCUT2D eigenvalue weighted by atomic mass is 9.98. The summed E-state index contributed by atoms with van der Waals surface area (Å²) in [5, 5.41) is 3.31. The van der Waals surface area contributed by atoms with Crippen LogP contribution in [0.15, 0.2) is 35.4 Å². The molecule has 5 heterocycles. The molecule has 3 aliphatic rings. The van der Waals surface area contributed by atoms with Crippen LogP contribution in [0.25, 0.3) is 5.65 Å². The fourth-order valence-electron chi connectivity index (χ4n) is 5.19. The van der Waals surface area contributed by atoms with Crippen molar-refractivity contribution < 1.29 is 4.79 Å². The topological polar surface area (TPSA) is 86.6 Å². The van der Waals surface area contributed by atoms with Gasteiger partial charge in [-0.2, -0.15) is 0 Å². The van der Waals surface area contributed by atoms with Crippen LogP contribution in [0.5, 0.6) is 0 Å². The van der Waals surface area contributed by atoms with Gasteiger partial charge in [0.05, 0.1) is 23.0 Å². The monoisotopic (exact) mass is 432 g/mol. The minimum Gasteiger partial charge on any atom is -0.334 e. The van der Waals surface area contributed by atoms with Gasteiger partial charge in [-0.05, 0) is 43.7 Å². The van der Waals surface area contributed by atoms with Crippen LogP contribution in [0.2, 0.25) is 0 Å². The van der Waals surface area contributed by atoms with Crippen LogP contribution >= 0.6 is 0 Å². The number of carbonyl (C=O) groups excluding carboxylic acids is 1. The van der Waals surface area contributed by atoms with Crippen molar-refractivity contribution in [2.75, 3.05) is 13.1 Å². The Morgan fingerprint density at radius 1 is 1.19 bits per heavy atom. The highest BCUT2D eigenvalue weighted by Gasteiger charge is 2.38. The van der Waals surface area contributed by atoms with E-state index in [1.54, 1.807) is 10.7 Å². The standard InChI is InChI=1S/C24H28N6O2/c31-23(17-6-7-17)29-10-2-1-5-21(29)20-12-22-26-19-8-11-28(14-16-4-3-9-25-13-16)15-18(19)24(32)30(22)27-20/h3-4,9,12-13,17,21,27H,1-2,5-8,10-11,14-15H2/t21-/m0/s1. The fourth-order valence-corrected chi connectivity index (χ4v) is 5.19. The molecule has 0 radical (unpaired) electrons. The van der Waals surface area contributed by atoms with Crippen molar-refractivity contribution >= 4 is 11.6 Å². The molecule has 2 fully saturated rings. The van der Waals surface area contributed by atoms with Gasteiger partial charge in [-0.25, -0.2) is 9.50 Å². The van der Waals surface area contributed by atoms with E-state index in [2.05, 4.69) is 21.0 Å². The quantitative estimate of drug-likeness (QED) is 0.684. The first kappa shape index (κ1) is 19.7. The fraction of sp³-hybridized carbons (Fsp3) is 0.500. The molecule has 1 aliphatic carbocycles. The first-order valence-corrected chi connectivity index (χ1v) is 11.7. The first-order valence-electron chi connectivity index (χ1n) is 11.7. The van der Waals surface area contributed by atoms with E-state index in [9.17, 15) is 9.59 Å². The van der Waals surface area contributed by atoms with Crippen molar-refractivity contribution in [3.8, 4) is 0 Å². The number of fused-ring (bicyclic) bond motifs is 2. The van der Waals surface area contributed by atoms with E-state index in [0.29, 0.717) is 12.2 Å². The van der Waals surface area contributed by atoms with E-state index < -0.39 is 0 Å². The molecular formula is C24H28N6O2. The van der Waals surface area contributed by atoms with Crippen molar-refractivity contribution in [1.29, 1.82) is 0 Å². The molecule has 0 spiro atoms. The molecule has 32 heavy (non-hydrogen) atoms. The van der Waals surface area contributed by atoms with E-state index >= 15 is 0 Å². The van der Waals surface area contributed by atoms with Crippen molar-refractivity contribution in [2.24, 2.45) is 5.92 Å². The summed E-state index contributed by atoms with van der Waals surface area (Å²) >= 11 is 0. The largest absolute Gasteiger partial charge is 0.334 e. The number of H-pyrrole nitrogens is 1. The van der Waals surface area contributed by atoms with Gasteiger partial charge in [0.1, 0.15) is 0 Å². The number of carbonyl (C=O) groups is 1. The number of pyridine rings is 1. The lowest BCUT2D eigenvalue weighted by Gasteiger charge is -2.35. The number of amides is 1. The summed E-state index contributed by atoms with van der Waals surface area (Å²) < 4.78 is 1.58. The average Bonchev–Trinajstić information content (AvgIpc) is 3.59. The summed E-state index contributed by atoms with van der Waals surface area (Å²) in [5.41, 5.74) is 4.37. The number of aromatic nitrogens is 4. The Bertz CT molecular complexity index is 1210. The van der Waals surface area contributed by atoms with Crippen LogP contribution in [0, 0.1) is 5.92 Å². The number of piperidine rings is 1. The third kappa shape index (κ3) is 3.52. The summed E-state index contributed by atoms with van der Waals surface area (Å²) in [6, 6.07) is 5.99. The maximum Gasteiger partial charge on any atom is 0.277 e. The number of hydrogen-bond donors (Lipinski definition) is 1. The predicted octanol–water partition coefficient (Wildman–Crippen LogP) is 2.44. The molecule has 0 unspecified atom stereocenters. The zero-order valence-corrected chi connectivity index (χ0v) is 18.2. The number of likely N-dealkylation sites (tertiary alicyclic amines) is 1. The Balaban J connectivity index is 1.30. The summed E-state index contributed by atoms with van der Waals surface area (Å²) in [4.78, 5) is 39.6. The molecule has 3 aromatic heterocycles. The smallest absolute Gasteiger partial charge is 0.277 e. The second kappa shape index (κ2) is 7.85. The van der Waals surface area contributed by atoms with E-state index in [1.165, 1.54) is 0 Å². The summed E-state index contributed by atoms with van der Waals surface area (Å²) in [6.07, 6.45) is 9.51. The predicted molar refractivity (Wildman–Crippen MR) is 119 cm³/mol. The van der Waals surface area contributed by atoms with Gasteiger partial charge in [0.2, 0.25) is 5.91 Å². The molecule has 1 amide bonds. The minimum absolute atomic E-state index is 0.0112. The van der Waals surface area contributed by atoms with Crippen molar-refractivity contribution in [1.82, 2.24) is 29.4 Å². The van der Waals surface area contributed by atoms with Gasteiger partial charge >= 0.3 is 0 Å². The molecule has 0 aromatic carbocycles. The molecule has 1 saturated heterocycles. The molecule has 8 nitrogen and oxygen atoms in total. The van der Waals surface area contributed by atoms with Gasteiger partial charge in [0, 0.05) is 57.0 Å². The van der Waals surface area contributed by atoms with Crippen LogP contribution in [0.3, 0.4) is 0 Å². The zero-order chi connectivity index (χ0) is 21.7. The SMILES string of the molecule is O=C(C1CC1)N1CCCC[C@H]1c1cc2nc3c(c(=O)n2[nH]1)CN(Cc1cccnc1)CC3. The lowest BCUT2D eigenvalue weighted by molar-refractivity contribution is -0.136. The van der Waals surface area contributed by atoms with E-state index in [0.717, 1.165) is 80.7 Å². The molecule has 166 valence electrons. The first-order chi connectivity index (χ1) is 15.7. The molecule has 8 heteroatoms. The highest BCUT2D eigenvalue weighted by Crippen LogP contribution is 2.37. The van der Waals surface area contributed by atoms with Crippen LogP contribution in [0.4, 0.5) is 0 Å². The number of rotatable bonds is 4. The number of nitrogens with one attached hydrogen (secondary N) is 1. The maximum absolute atomic E-state index is 13.4. The van der Waals surface area contributed by atoms with Gasteiger partial charge in [0.25, 0.3) is 5.56 Å². The number of nitrogens with zero attached hydrogens (tertiary/aromatic N) is 5. The third-order valence-corrected chi connectivity index (χ3v) is 7.06. The summed E-state index contributed by atoms with van der Waals surface area (Å²) in [5.74, 6) is 0.484. The average molecular weight is 433 g/mol. The highest BCUT2D eigenvalue weighted by molar-refractivity contribution is 5.81. The van der Waals surface area contributed by atoms with Gasteiger partial charge in [0.15, 0.2) is 5.65 Å². The molecule has 6 rings (SSSR count). The van der Waals surface area contributed by atoms with Gasteiger partial charge in [-0.15, -0.1) is 0 Å². The van der Waals surface area contributed by atoms with Crippen molar-refractivity contribution in [3.05, 3.63) is 63.5 Å². The van der Waals surface area contributed by atoms with Crippen LogP contribution < -0.4 is 5.56 Å². The highest BCUT2D eigenvalue weighted by atomic mass is 16.2. The molecule has 2 aliphatic heterocycles. The lowest BCUT2D eigenvalue weighted by Crippen LogP contribution is -2.39. The Labute approximate surface area is 186 Å². The Kier molecular flexibility index (Phi) is 4.82. The van der Waals surface area contributed by atoms with Gasteiger partial charge in [-0.1, -0.05) is 6.07 Å². The molecule has 1 saturated carbocycles. The maximum atomic E-state index is 13.4. The van der Waals surface area contributed by atoms with Crippen molar-refractivity contribution in [2.45, 2.75) is 57.7 Å². The van der Waals surface area contributed by atoms with E-state index in [1.807, 2.05) is 23.2 Å². The molecule has 0 bridgehead atoms. The van der Waals surface area contributed by atoms with Gasteiger partial charge in [-0.3, -0.25) is 24.6 Å². The molecule has 1 atom stereocenters. The van der Waals surface area contributed by atoms with Crippen LogP contribution in [-0.2, 0) is 24.3 Å². The third-order valence-electron chi connectivity index (χ3n) is 7.06. The second-order valence-corrected chi connectivity index (χ2v) is 9.39. The Morgan fingerprint density at radius 2 is 2.09 bits per heavy atom. The summed E-state index contributed by atoms with van der Waals surface area (Å²) in [6.45, 7) is 3.03. The summed E-state index contributed by atoms with van der Waals surface area (Å²) in [7, 11) is 0. The van der Waals surface area contributed by atoms with Crippen LogP contribution in [0.1, 0.15) is 60.7 Å². The van der Waals surface area contributed by atoms with Gasteiger partial charge < -0.3 is 4.90 Å². The minimum atomic E-state index is -0.0250. The Hall–Kier alpha value is -3.00. The second-order valence-electron chi connectivity index (χ2n) is 9.39. The normalized spacial score (nSPS) is 21.6. The molecular weight excluding hydrogens is 404 g/mol. The van der Waals surface area contributed by atoms with Crippen molar-refractivity contribution in [3.63, 3.8) is 0 Å². The number of aromatic amines is 1.